The van der Waals surface area contributed by atoms with Crippen molar-refractivity contribution in [3.05, 3.63) is 53.3 Å². The molecule has 24 heavy (non-hydrogen) atoms. The van der Waals surface area contributed by atoms with Crippen LogP contribution < -0.4 is 10.6 Å². The third-order valence-electron chi connectivity index (χ3n) is 4.09. The molecule has 3 rings (SSSR count). The van der Waals surface area contributed by atoms with Crippen molar-refractivity contribution in [3.8, 4) is 5.75 Å². The Hall–Kier alpha value is -2.60. The Kier molecular flexibility index (Phi) is 3.93. The zero-order valence-electron chi connectivity index (χ0n) is 12.5. The second-order valence-electron chi connectivity index (χ2n) is 5.70. The molecule has 2 amide bonds. The van der Waals surface area contributed by atoms with Gasteiger partial charge >= 0.3 is 0 Å². The summed E-state index contributed by atoms with van der Waals surface area (Å²) >= 11 is 6.16. The van der Waals surface area contributed by atoms with Gasteiger partial charge in [-0.05, 0) is 49.2 Å². The highest BCUT2D eigenvalue weighted by molar-refractivity contribution is 6.34. The van der Waals surface area contributed by atoms with Gasteiger partial charge in [-0.15, -0.1) is 0 Å². The van der Waals surface area contributed by atoms with Crippen LogP contribution >= 0.6 is 11.6 Å². The highest BCUT2D eigenvalue weighted by atomic mass is 35.5. The molecule has 1 aliphatic rings. The van der Waals surface area contributed by atoms with Crippen molar-refractivity contribution in [2.24, 2.45) is 11.1 Å². The average Bonchev–Trinajstić information content (AvgIpc) is 3.33. The summed E-state index contributed by atoms with van der Waals surface area (Å²) in [5, 5.41) is 9.63. The third kappa shape index (κ3) is 2.69. The van der Waals surface area contributed by atoms with E-state index in [-0.39, 0.29) is 16.5 Å². The van der Waals surface area contributed by atoms with Gasteiger partial charge in [-0.2, -0.15) is 0 Å². The molecule has 5 nitrogen and oxygen atoms in total. The molecule has 1 saturated carbocycles. The zero-order valence-corrected chi connectivity index (χ0v) is 13.3. The fourth-order valence-electron chi connectivity index (χ4n) is 2.54. The summed E-state index contributed by atoms with van der Waals surface area (Å²) in [6, 6.07) is 9.33. The van der Waals surface area contributed by atoms with E-state index in [9.17, 15) is 19.1 Å². The monoisotopic (exact) mass is 348 g/mol. The van der Waals surface area contributed by atoms with Gasteiger partial charge in [0.2, 0.25) is 11.8 Å². The molecule has 0 saturated heterocycles. The van der Waals surface area contributed by atoms with Crippen LogP contribution in [0.4, 0.5) is 15.8 Å². The number of carbonyl (C=O) groups is 2. The van der Waals surface area contributed by atoms with Crippen LogP contribution in [0.3, 0.4) is 0 Å². The number of carbonyl (C=O) groups excluding carboxylic acids is 2. The number of hydrogen-bond donors (Lipinski definition) is 2. The molecule has 7 heteroatoms. The molecule has 0 bridgehead atoms. The Bertz CT molecular complexity index is 819. The van der Waals surface area contributed by atoms with Gasteiger partial charge in [-0.3, -0.25) is 14.5 Å². The first-order valence-corrected chi connectivity index (χ1v) is 7.61. The highest BCUT2D eigenvalue weighted by Crippen LogP contribution is 2.49. The summed E-state index contributed by atoms with van der Waals surface area (Å²) < 4.78 is 13.2. The maximum Gasteiger partial charge on any atom is 0.247 e. The first-order valence-electron chi connectivity index (χ1n) is 7.24. The number of benzene rings is 2. The van der Waals surface area contributed by atoms with Gasteiger partial charge in [0.15, 0.2) is 0 Å². The number of phenols is 1. The molecule has 0 unspecified atom stereocenters. The first kappa shape index (κ1) is 16.3. The van der Waals surface area contributed by atoms with E-state index in [1.165, 1.54) is 47.4 Å². The smallest absolute Gasteiger partial charge is 0.247 e. The quantitative estimate of drug-likeness (QED) is 0.833. The molecule has 2 aromatic rings. The first-order chi connectivity index (χ1) is 11.3. The van der Waals surface area contributed by atoms with Gasteiger partial charge in [0.05, 0.1) is 10.7 Å². The summed E-state index contributed by atoms with van der Waals surface area (Å²) in [7, 11) is 0. The van der Waals surface area contributed by atoms with Crippen molar-refractivity contribution in [3.63, 3.8) is 0 Å². The number of hydrogen-bond acceptors (Lipinski definition) is 3. The summed E-state index contributed by atoms with van der Waals surface area (Å²) in [5.41, 5.74) is 4.75. The van der Waals surface area contributed by atoms with E-state index in [0.29, 0.717) is 18.5 Å². The largest absolute Gasteiger partial charge is 0.508 e. The average molecular weight is 349 g/mol. The Labute approximate surface area is 142 Å². The lowest BCUT2D eigenvalue weighted by Gasteiger charge is -2.27. The molecule has 1 fully saturated rings. The minimum atomic E-state index is -1.27. The second kappa shape index (κ2) is 5.79. The fourth-order valence-corrected chi connectivity index (χ4v) is 2.80. The number of nitrogens with two attached hydrogens (primary N) is 1. The lowest BCUT2D eigenvalue weighted by molar-refractivity contribution is -0.133. The van der Waals surface area contributed by atoms with Crippen molar-refractivity contribution < 1.29 is 19.1 Å². The summed E-state index contributed by atoms with van der Waals surface area (Å²) in [4.78, 5) is 26.0. The van der Waals surface area contributed by atoms with E-state index in [1.54, 1.807) is 0 Å². The van der Waals surface area contributed by atoms with Gasteiger partial charge in [0.1, 0.15) is 17.0 Å². The Morgan fingerprint density at radius 1 is 1.17 bits per heavy atom. The van der Waals surface area contributed by atoms with Crippen LogP contribution in [0.5, 0.6) is 5.75 Å². The molecule has 0 radical (unpaired) electrons. The van der Waals surface area contributed by atoms with Crippen LogP contribution in [0.2, 0.25) is 5.02 Å². The highest BCUT2D eigenvalue weighted by Gasteiger charge is 2.57. The molecular formula is C17H14ClFN2O3. The van der Waals surface area contributed by atoms with E-state index in [2.05, 4.69) is 0 Å². The van der Waals surface area contributed by atoms with Gasteiger partial charge in [0.25, 0.3) is 0 Å². The van der Waals surface area contributed by atoms with E-state index < -0.39 is 23.0 Å². The minimum Gasteiger partial charge on any atom is -0.508 e. The number of halogens is 2. The third-order valence-corrected chi connectivity index (χ3v) is 4.39. The SMILES string of the molecule is NC(=O)C1(C(=O)N(c2ccc(F)cc2)c2ccc(O)cc2Cl)CC1. The molecule has 0 heterocycles. The van der Waals surface area contributed by atoms with Crippen molar-refractivity contribution in [1.82, 2.24) is 0 Å². The number of amides is 2. The van der Waals surface area contributed by atoms with E-state index in [1.807, 2.05) is 0 Å². The van der Waals surface area contributed by atoms with Crippen molar-refractivity contribution in [2.75, 3.05) is 4.90 Å². The Balaban J connectivity index is 2.12. The summed E-state index contributed by atoms with van der Waals surface area (Å²) in [6.07, 6.45) is 0.711. The lowest BCUT2D eigenvalue weighted by atomic mass is 10.0. The standard InChI is InChI=1S/C17H14ClFN2O3/c18-13-9-12(22)5-6-14(13)21(11-3-1-10(19)2-4-11)16(24)17(7-8-17)15(20)23/h1-6,9,22H,7-8H2,(H2,20,23). The van der Waals surface area contributed by atoms with Crippen LogP contribution in [0.15, 0.2) is 42.5 Å². The molecule has 0 aliphatic heterocycles. The Morgan fingerprint density at radius 2 is 1.79 bits per heavy atom. The van der Waals surface area contributed by atoms with Gasteiger partial charge in [0, 0.05) is 11.8 Å². The predicted octanol–water partition coefficient (Wildman–Crippen LogP) is 3.11. The fraction of sp³-hybridized carbons (Fsp3) is 0.176. The van der Waals surface area contributed by atoms with Gasteiger partial charge < -0.3 is 10.8 Å². The molecule has 0 atom stereocenters. The van der Waals surface area contributed by atoms with E-state index in [4.69, 9.17) is 17.3 Å². The van der Waals surface area contributed by atoms with Gasteiger partial charge in [-0.1, -0.05) is 11.6 Å². The summed E-state index contributed by atoms with van der Waals surface area (Å²) in [6.45, 7) is 0. The normalized spacial score (nSPS) is 14.9. The van der Waals surface area contributed by atoms with Crippen LogP contribution in [0, 0.1) is 11.2 Å². The molecule has 0 spiro atoms. The van der Waals surface area contributed by atoms with Crippen molar-refractivity contribution in [1.29, 1.82) is 0 Å². The number of primary amides is 1. The minimum absolute atomic E-state index is 0.0636. The molecule has 1 aliphatic carbocycles. The van der Waals surface area contributed by atoms with Crippen LogP contribution in [0.1, 0.15) is 12.8 Å². The lowest BCUT2D eigenvalue weighted by Crippen LogP contribution is -2.41. The number of rotatable bonds is 4. The Morgan fingerprint density at radius 3 is 2.29 bits per heavy atom. The second-order valence-corrected chi connectivity index (χ2v) is 6.11. The number of phenolic OH excluding ortho intramolecular Hbond substituents is 1. The maximum atomic E-state index is 13.2. The van der Waals surface area contributed by atoms with Crippen LogP contribution in [0.25, 0.3) is 0 Å². The van der Waals surface area contributed by atoms with Crippen LogP contribution in [-0.4, -0.2) is 16.9 Å². The molecule has 2 aromatic carbocycles. The molecule has 3 N–H and O–H groups in total. The molecular weight excluding hydrogens is 335 g/mol. The van der Waals surface area contributed by atoms with E-state index >= 15 is 0 Å². The van der Waals surface area contributed by atoms with E-state index in [0.717, 1.165) is 0 Å². The maximum absolute atomic E-state index is 13.2. The van der Waals surface area contributed by atoms with Crippen LogP contribution in [-0.2, 0) is 9.59 Å². The molecule has 0 aromatic heterocycles. The zero-order chi connectivity index (χ0) is 17.5. The summed E-state index contributed by atoms with van der Waals surface area (Å²) in [5.74, 6) is -1.74. The van der Waals surface area contributed by atoms with Crippen molar-refractivity contribution >= 4 is 34.8 Å². The van der Waals surface area contributed by atoms with Crippen molar-refractivity contribution in [2.45, 2.75) is 12.8 Å². The molecule has 124 valence electrons. The predicted molar refractivity (Wildman–Crippen MR) is 87.5 cm³/mol. The number of nitrogens with zero attached hydrogens (tertiary/aromatic N) is 1. The topological polar surface area (TPSA) is 83.6 Å². The number of aromatic hydroxyl groups is 1. The van der Waals surface area contributed by atoms with Gasteiger partial charge in [-0.25, -0.2) is 4.39 Å². The number of anilines is 2.